The summed E-state index contributed by atoms with van der Waals surface area (Å²) in [7, 11) is 0. The first-order chi connectivity index (χ1) is 20.0. The molecule has 9 heteroatoms. The van der Waals surface area contributed by atoms with Crippen molar-refractivity contribution in [3.63, 3.8) is 0 Å². The highest BCUT2D eigenvalue weighted by molar-refractivity contribution is 6.05. The van der Waals surface area contributed by atoms with E-state index in [2.05, 4.69) is 20.6 Å². The zero-order chi connectivity index (χ0) is 27.9. The molecule has 3 fully saturated rings. The predicted molar refractivity (Wildman–Crippen MR) is 158 cm³/mol. The second-order valence-corrected chi connectivity index (χ2v) is 11.2. The van der Waals surface area contributed by atoms with E-state index in [4.69, 9.17) is 0 Å². The maximum Gasteiger partial charge on any atom is 0.255 e. The summed E-state index contributed by atoms with van der Waals surface area (Å²) in [5.74, 6) is 0.652. The Balaban J connectivity index is 0.975. The van der Waals surface area contributed by atoms with Crippen molar-refractivity contribution in [3.05, 3.63) is 78.5 Å². The van der Waals surface area contributed by atoms with Gasteiger partial charge in [0, 0.05) is 66.0 Å². The number of nitrogens with one attached hydrogen (secondary N) is 2. The summed E-state index contributed by atoms with van der Waals surface area (Å²) in [6.45, 7) is 3.11. The molecule has 2 N–H and O–H groups in total. The van der Waals surface area contributed by atoms with Crippen LogP contribution in [0.5, 0.6) is 0 Å². The molecule has 1 aromatic heterocycles. The van der Waals surface area contributed by atoms with E-state index in [-0.39, 0.29) is 23.7 Å². The molecule has 1 aliphatic heterocycles. The van der Waals surface area contributed by atoms with Crippen molar-refractivity contribution >= 4 is 45.7 Å². The van der Waals surface area contributed by atoms with Crippen LogP contribution in [-0.2, 0) is 9.59 Å². The third-order valence-corrected chi connectivity index (χ3v) is 8.17. The van der Waals surface area contributed by atoms with E-state index in [1.807, 2.05) is 76.3 Å². The zero-order valence-electron chi connectivity index (χ0n) is 22.8. The number of nitrogens with zero attached hydrogens (tertiary/aromatic N) is 4. The van der Waals surface area contributed by atoms with Gasteiger partial charge in [0.2, 0.25) is 11.8 Å². The number of amides is 3. The number of carbonyl (C=O) groups excluding carboxylic acids is 3. The molecule has 1 saturated heterocycles. The number of rotatable bonds is 7. The Morgan fingerprint density at radius 2 is 1.37 bits per heavy atom. The fraction of sp³-hybridized carbons (Fsp3) is 0.312. The van der Waals surface area contributed by atoms with Crippen molar-refractivity contribution in [1.82, 2.24) is 14.7 Å². The van der Waals surface area contributed by atoms with Gasteiger partial charge in [-0.05, 0) is 92.4 Å². The lowest BCUT2D eigenvalue weighted by Crippen LogP contribution is -2.49. The summed E-state index contributed by atoms with van der Waals surface area (Å²) in [5.41, 5.74) is 4.93. The predicted octanol–water partition coefficient (Wildman–Crippen LogP) is 4.68. The third-order valence-electron chi connectivity index (χ3n) is 8.17. The minimum atomic E-state index is -0.174. The van der Waals surface area contributed by atoms with E-state index in [0.717, 1.165) is 79.8 Å². The highest BCUT2D eigenvalue weighted by Crippen LogP contribution is 2.32. The lowest BCUT2D eigenvalue weighted by atomic mass is 10.1. The summed E-state index contributed by atoms with van der Waals surface area (Å²) < 4.78 is 1.84. The van der Waals surface area contributed by atoms with Gasteiger partial charge < -0.3 is 20.4 Å². The van der Waals surface area contributed by atoms with Gasteiger partial charge in [-0.1, -0.05) is 0 Å². The number of carbonyl (C=O) groups is 3. The van der Waals surface area contributed by atoms with Crippen LogP contribution in [0, 0.1) is 11.8 Å². The fourth-order valence-electron chi connectivity index (χ4n) is 5.39. The van der Waals surface area contributed by atoms with Crippen molar-refractivity contribution in [1.29, 1.82) is 0 Å². The number of hydrogen-bond acceptors (Lipinski definition) is 5. The van der Waals surface area contributed by atoms with Gasteiger partial charge in [0.1, 0.15) is 0 Å². The van der Waals surface area contributed by atoms with Gasteiger partial charge in [0.15, 0.2) is 0 Å². The summed E-state index contributed by atoms with van der Waals surface area (Å²) in [5, 5.41) is 11.4. The summed E-state index contributed by atoms with van der Waals surface area (Å²) >= 11 is 0. The van der Waals surface area contributed by atoms with Crippen molar-refractivity contribution in [2.45, 2.75) is 25.7 Å². The number of benzene rings is 3. The molecule has 0 radical (unpaired) electrons. The van der Waals surface area contributed by atoms with Crippen molar-refractivity contribution in [3.8, 4) is 5.69 Å². The summed E-state index contributed by atoms with van der Waals surface area (Å²) in [6, 6.07) is 21.0. The standard InChI is InChI=1S/C32H32N6O3/c39-30(21-1-2-21)34-25-7-12-28(13-8-25)38-29-14-9-26(19-24(29)20-33-38)35-31(40)22-5-10-27(11-6-22)36-15-17-37(18-16-36)32(41)23-3-4-23/h5-14,19-21,23H,1-4,15-18H2,(H,34,39)(H,35,40). The molecule has 2 heterocycles. The number of hydrogen-bond donors (Lipinski definition) is 2. The van der Waals surface area contributed by atoms with Crippen LogP contribution >= 0.6 is 0 Å². The van der Waals surface area contributed by atoms with Crippen LogP contribution < -0.4 is 15.5 Å². The minimum Gasteiger partial charge on any atom is -0.368 e. The highest BCUT2D eigenvalue weighted by atomic mass is 16.2. The molecule has 4 aromatic rings. The Bertz CT molecular complexity index is 1610. The molecule has 41 heavy (non-hydrogen) atoms. The number of fused-ring (bicyclic) bond motifs is 1. The minimum absolute atomic E-state index is 0.0870. The molecule has 3 aliphatic rings. The topological polar surface area (TPSA) is 99.6 Å². The van der Waals surface area contributed by atoms with Crippen LogP contribution in [0.3, 0.4) is 0 Å². The molecule has 3 amide bonds. The average molecular weight is 549 g/mol. The molecule has 2 aliphatic carbocycles. The Hall–Kier alpha value is -4.66. The SMILES string of the molecule is O=C(Nc1ccc2c(cnn2-c2ccc(NC(=O)C3CC3)cc2)c1)c1ccc(N2CCN(C(=O)C3CC3)CC2)cc1. The molecule has 0 unspecified atom stereocenters. The molecule has 3 aromatic carbocycles. The summed E-state index contributed by atoms with van der Waals surface area (Å²) in [6.07, 6.45) is 5.80. The van der Waals surface area contributed by atoms with Crippen LogP contribution in [-0.4, -0.2) is 58.6 Å². The van der Waals surface area contributed by atoms with E-state index in [1.54, 1.807) is 6.20 Å². The molecule has 2 saturated carbocycles. The number of anilines is 3. The summed E-state index contributed by atoms with van der Waals surface area (Å²) in [4.78, 5) is 41.6. The Morgan fingerprint density at radius 1 is 0.707 bits per heavy atom. The Kier molecular flexibility index (Phi) is 6.41. The maximum atomic E-state index is 13.0. The zero-order valence-corrected chi connectivity index (χ0v) is 22.8. The van der Waals surface area contributed by atoms with E-state index in [1.165, 1.54) is 0 Å². The molecule has 208 valence electrons. The Labute approximate surface area is 238 Å². The van der Waals surface area contributed by atoms with Gasteiger partial charge in [0.25, 0.3) is 5.91 Å². The van der Waals surface area contributed by atoms with E-state index < -0.39 is 0 Å². The van der Waals surface area contributed by atoms with Gasteiger partial charge in [0.05, 0.1) is 17.4 Å². The van der Waals surface area contributed by atoms with E-state index >= 15 is 0 Å². The smallest absolute Gasteiger partial charge is 0.255 e. The molecule has 7 rings (SSSR count). The van der Waals surface area contributed by atoms with Crippen LogP contribution in [0.15, 0.2) is 72.9 Å². The highest BCUT2D eigenvalue weighted by Gasteiger charge is 2.34. The first kappa shape index (κ1) is 25.3. The monoisotopic (exact) mass is 548 g/mol. The third kappa shape index (κ3) is 5.39. The van der Waals surface area contributed by atoms with Gasteiger partial charge >= 0.3 is 0 Å². The molecule has 0 atom stereocenters. The molecule has 0 spiro atoms. The molecule has 9 nitrogen and oxygen atoms in total. The largest absolute Gasteiger partial charge is 0.368 e. The second-order valence-electron chi connectivity index (χ2n) is 11.2. The lowest BCUT2D eigenvalue weighted by molar-refractivity contribution is -0.132. The van der Waals surface area contributed by atoms with Crippen LogP contribution in [0.4, 0.5) is 17.1 Å². The van der Waals surface area contributed by atoms with E-state index in [0.29, 0.717) is 17.2 Å². The van der Waals surface area contributed by atoms with Crippen molar-refractivity contribution in [2.75, 3.05) is 41.7 Å². The van der Waals surface area contributed by atoms with Gasteiger partial charge in [-0.2, -0.15) is 5.10 Å². The van der Waals surface area contributed by atoms with Crippen LogP contribution in [0.2, 0.25) is 0 Å². The van der Waals surface area contributed by atoms with Gasteiger partial charge in [-0.15, -0.1) is 0 Å². The van der Waals surface area contributed by atoms with Gasteiger partial charge in [-0.3, -0.25) is 14.4 Å². The molecule has 0 bridgehead atoms. The van der Waals surface area contributed by atoms with Crippen LogP contribution in [0.25, 0.3) is 16.6 Å². The number of piperazine rings is 1. The van der Waals surface area contributed by atoms with Crippen molar-refractivity contribution in [2.24, 2.45) is 11.8 Å². The first-order valence-electron chi connectivity index (χ1n) is 14.4. The van der Waals surface area contributed by atoms with Gasteiger partial charge in [-0.25, -0.2) is 4.68 Å². The maximum absolute atomic E-state index is 13.0. The van der Waals surface area contributed by atoms with E-state index in [9.17, 15) is 14.4 Å². The first-order valence-corrected chi connectivity index (χ1v) is 14.4. The molecular formula is C32H32N6O3. The van der Waals surface area contributed by atoms with Crippen molar-refractivity contribution < 1.29 is 14.4 Å². The quantitative estimate of drug-likeness (QED) is 0.349. The lowest BCUT2D eigenvalue weighted by Gasteiger charge is -2.36. The number of aromatic nitrogens is 2. The van der Waals surface area contributed by atoms with Crippen LogP contribution in [0.1, 0.15) is 36.0 Å². The molecular weight excluding hydrogens is 516 g/mol. The Morgan fingerprint density at radius 3 is 2.05 bits per heavy atom. The normalized spacial score (nSPS) is 17.0. The second kappa shape index (κ2) is 10.4. The average Bonchev–Trinajstić information content (AvgIpc) is 3.94. The fourth-order valence-corrected chi connectivity index (χ4v) is 5.39.